The maximum Gasteiger partial charge on any atom is 0.230 e. The van der Waals surface area contributed by atoms with Gasteiger partial charge in [-0.05, 0) is 36.0 Å². The van der Waals surface area contributed by atoms with E-state index in [-0.39, 0.29) is 11.9 Å². The van der Waals surface area contributed by atoms with Gasteiger partial charge in [-0.2, -0.15) is 4.52 Å². The van der Waals surface area contributed by atoms with Crippen molar-refractivity contribution >= 4 is 16.3 Å². The van der Waals surface area contributed by atoms with Crippen molar-refractivity contribution in [3.05, 3.63) is 40.5 Å². The molecule has 1 aliphatic heterocycles. The van der Waals surface area contributed by atoms with Gasteiger partial charge in [-0.15, -0.1) is 5.10 Å². The van der Waals surface area contributed by atoms with E-state index in [1.165, 1.54) is 17.8 Å². The first-order valence-electron chi connectivity index (χ1n) is 9.95. The molecule has 2 aromatic heterocycles. The van der Waals surface area contributed by atoms with Crippen molar-refractivity contribution in [2.24, 2.45) is 11.8 Å². The van der Waals surface area contributed by atoms with Crippen LogP contribution in [0.5, 0.6) is 11.6 Å². The number of piperidine rings is 1. The van der Waals surface area contributed by atoms with Gasteiger partial charge in [-0.1, -0.05) is 44.2 Å². The molecular formula is C21H28N4O2S. The van der Waals surface area contributed by atoms with Crippen LogP contribution in [0.25, 0.3) is 4.96 Å². The number of thiazole rings is 1. The fourth-order valence-electron chi connectivity index (χ4n) is 4.35. The number of likely N-dealkylation sites (tertiary alicyclic amines) is 1. The molecule has 0 bridgehead atoms. The molecule has 4 rings (SSSR count). The summed E-state index contributed by atoms with van der Waals surface area (Å²) in [4.78, 5) is 8.71. The number of methoxy groups -OCH3 is 1. The number of rotatable bonds is 5. The molecule has 6 nitrogen and oxygen atoms in total. The molecule has 1 fully saturated rings. The third-order valence-corrected chi connectivity index (χ3v) is 6.57. The monoisotopic (exact) mass is 400 g/mol. The highest BCUT2D eigenvalue weighted by molar-refractivity contribution is 7.17. The van der Waals surface area contributed by atoms with E-state index in [9.17, 15) is 5.11 Å². The van der Waals surface area contributed by atoms with Crippen LogP contribution in [0.3, 0.4) is 0 Å². The molecule has 28 heavy (non-hydrogen) atoms. The quantitative estimate of drug-likeness (QED) is 0.698. The maximum atomic E-state index is 11.0. The lowest BCUT2D eigenvalue weighted by atomic mass is 9.89. The Bertz CT molecular complexity index is 939. The number of aromatic nitrogens is 3. The second-order valence-electron chi connectivity index (χ2n) is 7.94. The van der Waals surface area contributed by atoms with E-state index < -0.39 is 0 Å². The first kappa shape index (κ1) is 19.2. The predicted molar refractivity (Wildman–Crippen MR) is 111 cm³/mol. The van der Waals surface area contributed by atoms with E-state index in [0.717, 1.165) is 46.5 Å². The SMILES string of the molecule is CCc1nc2sc([C@H](c3ccc(OC)cc3)N3C[C@H](C)C[C@@H](C)C3)c(O)n2n1. The largest absolute Gasteiger partial charge is 0.497 e. The molecule has 7 heteroatoms. The number of nitrogens with zero attached hydrogens (tertiary/aromatic N) is 4. The summed E-state index contributed by atoms with van der Waals surface area (Å²) in [6, 6.07) is 8.15. The predicted octanol–water partition coefficient (Wildman–Crippen LogP) is 4.13. The van der Waals surface area contributed by atoms with Gasteiger partial charge in [0.05, 0.1) is 18.0 Å². The van der Waals surface area contributed by atoms with Gasteiger partial charge in [0.15, 0.2) is 5.82 Å². The van der Waals surface area contributed by atoms with Crippen LogP contribution in [-0.2, 0) is 6.42 Å². The molecule has 3 aromatic rings. The number of hydrogen-bond acceptors (Lipinski definition) is 6. The normalized spacial score (nSPS) is 21.9. The van der Waals surface area contributed by atoms with Gasteiger partial charge < -0.3 is 9.84 Å². The molecule has 0 amide bonds. The third kappa shape index (κ3) is 3.49. The van der Waals surface area contributed by atoms with Crippen LogP contribution in [0.1, 0.15) is 49.5 Å². The minimum atomic E-state index is -0.0188. The zero-order valence-electron chi connectivity index (χ0n) is 16.9. The average molecular weight is 401 g/mol. The van der Waals surface area contributed by atoms with E-state index in [4.69, 9.17) is 4.74 Å². The van der Waals surface area contributed by atoms with Crippen molar-refractivity contribution in [1.82, 2.24) is 19.5 Å². The Morgan fingerprint density at radius 3 is 2.46 bits per heavy atom. The summed E-state index contributed by atoms with van der Waals surface area (Å²) in [7, 11) is 1.68. The summed E-state index contributed by atoms with van der Waals surface area (Å²) in [6.07, 6.45) is 2.00. The Morgan fingerprint density at radius 1 is 1.21 bits per heavy atom. The molecule has 1 aromatic carbocycles. The molecular weight excluding hydrogens is 372 g/mol. The molecule has 1 N–H and O–H groups in total. The Hall–Kier alpha value is -2.12. The highest BCUT2D eigenvalue weighted by Gasteiger charge is 2.33. The average Bonchev–Trinajstić information content (AvgIpc) is 3.21. The van der Waals surface area contributed by atoms with E-state index in [1.807, 2.05) is 19.1 Å². The molecule has 150 valence electrons. The van der Waals surface area contributed by atoms with Crippen molar-refractivity contribution < 1.29 is 9.84 Å². The summed E-state index contributed by atoms with van der Waals surface area (Å²) in [5, 5.41) is 15.5. The molecule has 0 saturated carbocycles. The smallest absolute Gasteiger partial charge is 0.230 e. The molecule has 1 aliphatic rings. The van der Waals surface area contributed by atoms with Crippen molar-refractivity contribution in [1.29, 1.82) is 0 Å². The summed E-state index contributed by atoms with van der Waals surface area (Å²) >= 11 is 1.54. The maximum absolute atomic E-state index is 11.0. The van der Waals surface area contributed by atoms with Crippen LogP contribution in [0.15, 0.2) is 24.3 Å². The van der Waals surface area contributed by atoms with Crippen LogP contribution in [0.4, 0.5) is 0 Å². The third-order valence-electron chi connectivity index (χ3n) is 5.50. The van der Waals surface area contributed by atoms with Gasteiger partial charge in [-0.3, -0.25) is 4.90 Å². The van der Waals surface area contributed by atoms with Crippen molar-refractivity contribution in [3.63, 3.8) is 0 Å². The summed E-state index contributed by atoms with van der Waals surface area (Å²) in [6.45, 7) is 8.66. The zero-order valence-corrected chi connectivity index (χ0v) is 17.7. The van der Waals surface area contributed by atoms with Crippen LogP contribution in [0, 0.1) is 11.8 Å². The zero-order chi connectivity index (χ0) is 19.8. The van der Waals surface area contributed by atoms with E-state index >= 15 is 0 Å². The van der Waals surface area contributed by atoms with E-state index in [0.29, 0.717) is 11.8 Å². The molecule has 0 unspecified atom stereocenters. The van der Waals surface area contributed by atoms with Crippen molar-refractivity contribution in [2.45, 2.75) is 39.7 Å². The van der Waals surface area contributed by atoms with Crippen LogP contribution >= 0.6 is 11.3 Å². The molecule has 0 aliphatic carbocycles. The first-order valence-corrected chi connectivity index (χ1v) is 10.8. The van der Waals surface area contributed by atoms with Gasteiger partial charge in [0.25, 0.3) is 0 Å². The topological polar surface area (TPSA) is 62.9 Å². The molecule has 3 heterocycles. The van der Waals surface area contributed by atoms with Crippen molar-refractivity contribution in [3.8, 4) is 11.6 Å². The number of fused-ring (bicyclic) bond motifs is 1. The number of aryl methyl sites for hydroxylation is 1. The highest BCUT2D eigenvalue weighted by atomic mass is 32.1. The van der Waals surface area contributed by atoms with E-state index in [1.54, 1.807) is 11.6 Å². The Kier molecular flexibility index (Phi) is 5.29. The fourth-order valence-corrected chi connectivity index (χ4v) is 5.49. The molecule has 0 spiro atoms. The number of ether oxygens (including phenoxy) is 1. The van der Waals surface area contributed by atoms with Crippen LogP contribution < -0.4 is 4.74 Å². The summed E-state index contributed by atoms with van der Waals surface area (Å²) in [5.74, 6) is 3.05. The number of aromatic hydroxyl groups is 1. The minimum Gasteiger partial charge on any atom is -0.497 e. The van der Waals surface area contributed by atoms with Gasteiger partial charge in [0.1, 0.15) is 5.75 Å². The van der Waals surface area contributed by atoms with Gasteiger partial charge >= 0.3 is 0 Å². The minimum absolute atomic E-state index is 0.0188. The van der Waals surface area contributed by atoms with Crippen LogP contribution in [-0.4, -0.2) is 44.8 Å². The van der Waals surface area contributed by atoms with Gasteiger partial charge in [-0.25, -0.2) is 4.98 Å². The van der Waals surface area contributed by atoms with Gasteiger partial charge in [0, 0.05) is 19.5 Å². The first-order chi connectivity index (χ1) is 13.5. The number of hydrogen-bond donors (Lipinski definition) is 1. The number of benzene rings is 1. The fraction of sp³-hybridized carbons (Fsp3) is 0.524. The van der Waals surface area contributed by atoms with E-state index in [2.05, 4.69) is 41.0 Å². The second kappa shape index (κ2) is 7.72. The Balaban J connectivity index is 1.80. The lowest BCUT2D eigenvalue weighted by Crippen LogP contribution is -2.41. The summed E-state index contributed by atoms with van der Waals surface area (Å²) < 4.78 is 6.92. The molecule has 0 radical (unpaired) electrons. The standard InChI is InChI=1S/C21H28N4O2S/c1-5-17-22-21-25(23-17)20(26)19(28-21)18(15-6-8-16(27-4)9-7-15)24-11-13(2)10-14(3)12-24/h6-9,13-14,18,26H,5,10-12H2,1-4H3/t13-,14-,18+/m1/s1. The van der Waals surface area contributed by atoms with Crippen LogP contribution in [0.2, 0.25) is 0 Å². The lowest BCUT2D eigenvalue weighted by molar-refractivity contribution is 0.112. The second-order valence-corrected chi connectivity index (χ2v) is 8.95. The Morgan fingerprint density at radius 2 is 1.89 bits per heavy atom. The molecule has 3 atom stereocenters. The molecule has 1 saturated heterocycles. The lowest BCUT2D eigenvalue weighted by Gasteiger charge is -2.40. The highest BCUT2D eigenvalue weighted by Crippen LogP contribution is 2.42. The van der Waals surface area contributed by atoms with Crippen molar-refractivity contribution in [2.75, 3.05) is 20.2 Å². The summed E-state index contributed by atoms with van der Waals surface area (Å²) in [5.41, 5.74) is 1.15. The Labute approximate surface area is 169 Å². The van der Waals surface area contributed by atoms with Gasteiger partial charge in [0.2, 0.25) is 10.8 Å².